The molecule has 0 bridgehead atoms. The smallest absolute Gasteiger partial charge is 0.225 e. The fourth-order valence-electron chi connectivity index (χ4n) is 3.59. The molecule has 0 radical (unpaired) electrons. The monoisotopic (exact) mass is 516 g/mol. The van der Waals surface area contributed by atoms with E-state index in [0.29, 0.717) is 11.9 Å². The van der Waals surface area contributed by atoms with Crippen LogP contribution in [0.2, 0.25) is 5.02 Å². The lowest BCUT2D eigenvalue weighted by Crippen LogP contribution is -2.52. The summed E-state index contributed by atoms with van der Waals surface area (Å²) in [6, 6.07) is 6.99. The summed E-state index contributed by atoms with van der Waals surface area (Å²) in [5, 5.41) is 0.180. The van der Waals surface area contributed by atoms with Gasteiger partial charge in [0.2, 0.25) is 5.95 Å². The highest BCUT2D eigenvalue weighted by molar-refractivity contribution is 14.0. The molecule has 2 N–H and O–H groups in total. The molecule has 6 nitrogen and oxygen atoms in total. The van der Waals surface area contributed by atoms with Gasteiger partial charge in [0.05, 0.1) is 11.1 Å². The first kappa shape index (κ1) is 21.0. The van der Waals surface area contributed by atoms with Crippen LogP contribution in [0.15, 0.2) is 41.7 Å². The zero-order valence-electron chi connectivity index (χ0n) is 15.3. The number of hydrogen-bond donors (Lipinski definition) is 1. The molecule has 2 fully saturated rings. The number of piperazine rings is 1. The van der Waals surface area contributed by atoms with Crippen LogP contribution in [-0.4, -0.2) is 53.0 Å². The first-order chi connectivity index (χ1) is 13.1. The molecule has 1 aliphatic carbocycles. The quantitative estimate of drug-likeness (QED) is 0.385. The molecule has 1 aromatic heterocycles. The third-order valence-corrected chi connectivity index (χ3v) is 5.57. The maximum Gasteiger partial charge on any atom is 0.225 e. The van der Waals surface area contributed by atoms with E-state index in [4.69, 9.17) is 17.3 Å². The summed E-state index contributed by atoms with van der Waals surface area (Å²) in [6.45, 7) is 3.25. The molecule has 2 heterocycles. The first-order valence-corrected chi connectivity index (χ1v) is 9.53. The SMILES string of the molecule is I.NC(=NC1CC(c2ccc(F)c(Cl)c2)C1)N1CCN(c2ncccn2)CC1. The van der Waals surface area contributed by atoms with Gasteiger partial charge in [0, 0.05) is 38.6 Å². The Labute approximate surface area is 186 Å². The van der Waals surface area contributed by atoms with Crippen LogP contribution in [0.3, 0.4) is 0 Å². The van der Waals surface area contributed by atoms with Crippen molar-refractivity contribution in [2.75, 3.05) is 31.1 Å². The molecule has 0 amide bonds. The van der Waals surface area contributed by atoms with Gasteiger partial charge in [0.15, 0.2) is 5.96 Å². The minimum atomic E-state index is -0.376. The molecule has 9 heteroatoms. The summed E-state index contributed by atoms with van der Waals surface area (Å²) >= 11 is 5.88. The number of aliphatic imine (C=N–C) groups is 1. The first-order valence-electron chi connectivity index (χ1n) is 9.15. The molecule has 4 rings (SSSR count). The molecule has 1 aliphatic heterocycles. The molecule has 2 aromatic rings. The average molecular weight is 517 g/mol. The molecule has 1 saturated heterocycles. The number of rotatable bonds is 3. The van der Waals surface area contributed by atoms with E-state index in [1.165, 1.54) is 6.07 Å². The van der Waals surface area contributed by atoms with E-state index in [-0.39, 0.29) is 40.9 Å². The van der Waals surface area contributed by atoms with Crippen LogP contribution in [0.1, 0.15) is 24.3 Å². The van der Waals surface area contributed by atoms with Gasteiger partial charge < -0.3 is 15.5 Å². The Morgan fingerprint density at radius 1 is 1.14 bits per heavy atom. The van der Waals surface area contributed by atoms with Crippen molar-refractivity contribution in [3.05, 3.63) is 53.1 Å². The summed E-state index contributed by atoms with van der Waals surface area (Å²) in [5.41, 5.74) is 7.30. The fourth-order valence-corrected chi connectivity index (χ4v) is 3.78. The van der Waals surface area contributed by atoms with Crippen molar-refractivity contribution in [2.45, 2.75) is 24.8 Å². The van der Waals surface area contributed by atoms with Crippen LogP contribution in [-0.2, 0) is 0 Å². The number of nitrogens with two attached hydrogens (primary N) is 1. The van der Waals surface area contributed by atoms with Gasteiger partial charge in [0.1, 0.15) is 5.82 Å². The Balaban J connectivity index is 0.00000225. The highest BCUT2D eigenvalue weighted by Gasteiger charge is 2.31. The molecule has 1 saturated carbocycles. The second-order valence-corrected chi connectivity index (χ2v) is 7.41. The van der Waals surface area contributed by atoms with Gasteiger partial charge in [0.25, 0.3) is 0 Å². The maximum absolute atomic E-state index is 13.3. The van der Waals surface area contributed by atoms with E-state index in [0.717, 1.165) is 50.5 Å². The second-order valence-electron chi connectivity index (χ2n) is 7.01. The fraction of sp³-hybridized carbons (Fsp3) is 0.421. The molecule has 2 aliphatic rings. The van der Waals surface area contributed by atoms with E-state index < -0.39 is 0 Å². The number of aromatic nitrogens is 2. The van der Waals surface area contributed by atoms with Gasteiger partial charge in [-0.2, -0.15) is 0 Å². The van der Waals surface area contributed by atoms with E-state index in [2.05, 4.69) is 24.8 Å². The summed E-state index contributed by atoms with van der Waals surface area (Å²) in [7, 11) is 0. The molecule has 28 heavy (non-hydrogen) atoms. The minimum Gasteiger partial charge on any atom is -0.370 e. The third-order valence-electron chi connectivity index (χ3n) is 5.28. The Bertz CT molecular complexity index is 822. The Morgan fingerprint density at radius 2 is 1.82 bits per heavy atom. The van der Waals surface area contributed by atoms with Crippen molar-refractivity contribution in [1.82, 2.24) is 14.9 Å². The zero-order valence-corrected chi connectivity index (χ0v) is 18.4. The standard InChI is InChI=1S/C19H22ClFN6.HI/c20-16-12-13(2-3-17(16)21)14-10-15(11-14)25-18(22)26-6-8-27(9-7-26)19-23-4-1-5-24-19;/h1-5,12,14-15H,6-11H2,(H2,22,25);1H. The average Bonchev–Trinajstić information content (AvgIpc) is 2.67. The summed E-state index contributed by atoms with van der Waals surface area (Å²) < 4.78 is 13.3. The van der Waals surface area contributed by atoms with Crippen LogP contribution in [0.5, 0.6) is 0 Å². The van der Waals surface area contributed by atoms with Crippen molar-refractivity contribution < 1.29 is 4.39 Å². The summed E-state index contributed by atoms with van der Waals surface area (Å²) in [4.78, 5) is 17.5. The van der Waals surface area contributed by atoms with Crippen molar-refractivity contribution >= 4 is 47.5 Å². The highest BCUT2D eigenvalue weighted by atomic mass is 127. The minimum absolute atomic E-state index is 0. The van der Waals surface area contributed by atoms with Gasteiger partial charge in [-0.3, -0.25) is 0 Å². The topological polar surface area (TPSA) is 70.6 Å². The maximum atomic E-state index is 13.3. The number of anilines is 1. The van der Waals surface area contributed by atoms with Gasteiger partial charge in [-0.15, -0.1) is 24.0 Å². The van der Waals surface area contributed by atoms with Crippen LogP contribution >= 0.6 is 35.6 Å². The van der Waals surface area contributed by atoms with Crippen molar-refractivity contribution in [2.24, 2.45) is 10.7 Å². The van der Waals surface area contributed by atoms with Gasteiger partial charge in [-0.1, -0.05) is 17.7 Å². The molecule has 0 spiro atoms. The summed E-state index contributed by atoms with van der Waals surface area (Å²) in [6.07, 6.45) is 5.35. The predicted molar refractivity (Wildman–Crippen MR) is 120 cm³/mol. The number of benzene rings is 1. The molecule has 0 atom stereocenters. The van der Waals surface area contributed by atoms with Crippen LogP contribution < -0.4 is 10.6 Å². The summed E-state index contributed by atoms with van der Waals surface area (Å²) in [5.74, 6) is 1.35. The van der Waals surface area contributed by atoms with Crippen molar-refractivity contribution in [3.8, 4) is 0 Å². The van der Waals surface area contributed by atoms with Crippen LogP contribution in [0, 0.1) is 5.82 Å². The lowest BCUT2D eigenvalue weighted by Gasteiger charge is -2.37. The number of nitrogens with zero attached hydrogens (tertiary/aromatic N) is 5. The zero-order chi connectivity index (χ0) is 18.8. The van der Waals surface area contributed by atoms with Crippen molar-refractivity contribution in [3.63, 3.8) is 0 Å². The number of halogens is 3. The van der Waals surface area contributed by atoms with Gasteiger partial charge in [-0.25, -0.2) is 19.4 Å². The van der Waals surface area contributed by atoms with Crippen LogP contribution in [0.4, 0.5) is 10.3 Å². The molecule has 1 aromatic carbocycles. The van der Waals surface area contributed by atoms with E-state index in [1.807, 2.05) is 6.07 Å². The lowest BCUT2D eigenvalue weighted by molar-refractivity contribution is 0.336. The normalized spacial score (nSPS) is 22.4. The Hall–Kier alpha value is -1.68. The van der Waals surface area contributed by atoms with Crippen LogP contribution in [0.25, 0.3) is 0 Å². The Kier molecular flexibility index (Phi) is 6.92. The molecule has 150 valence electrons. The second kappa shape index (κ2) is 9.21. The predicted octanol–water partition coefficient (Wildman–Crippen LogP) is 3.27. The molecule has 0 unspecified atom stereocenters. The van der Waals surface area contributed by atoms with E-state index in [1.54, 1.807) is 24.5 Å². The van der Waals surface area contributed by atoms with Crippen molar-refractivity contribution in [1.29, 1.82) is 0 Å². The van der Waals surface area contributed by atoms with E-state index in [9.17, 15) is 4.39 Å². The van der Waals surface area contributed by atoms with Gasteiger partial charge in [-0.05, 0) is 42.5 Å². The largest absolute Gasteiger partial charge is 0.370 e. The Morgan fingerprint density at radius 3 is 2.46 bits per heavy atom. The van der Waals surface area contributed by atoms with Gasteiger partial charge >= 0.3 is 0 Å². The van der Waals surface area contributed by atoms with E-state index >= 15 is 0 Å². The number of hydrogen-bond acceptors (Lipinski definition) is 4. The number of guanidine groups is 1. The molecular formula is C19H23ClFIN6. The third kappa shape index (κ3) is 4.65. The molecular weight excluding hydrogens is 494 g/mol. The highest BCUT2D eigenvalue weighted by Crippen LogP contribution is 2.39. The lowest BCUT2D eigenvalue weighted by atomic mass is 9.76.